The second-order valence-electron chi connectivity index (χ2n) is 4.67. The molecule has 7 nitrogen and oxygen atoms in total. The lowest BCUT2D eigenvalue weighted by Gasteiger charge is -2.05. The third-order valence-electron chi connectivity index (χ3n) is 3.03. The maximum atomic E-state index is 11.6. The van der Waals surface area contributed by atoms with E-state index in [1.54, 1.807) is 32.4 Å². The van der Waals surface area contributed by atoms with Gasteiger partial charge >= 0.3 is 6.01 Å². The van der Waals surface area contributed by atoms with Crippen LogP contribution in [0.15, 0.2) is 22.6 Å². The molecule has 2 rings (SSSR count). The average Bonchev–Trinajstić information content (AvgIpc) is 3.00. The molecule has 0 spiro atoms. The van der Waals surface area contributed by atoms with E-state index in [4.69, 9.17) is 13.9 Å². The Labute approximate surface area is 128 Å². The number of hydrogen-bond donors (Lipinski definition) is 1. The molecule has 0 unspecified atom stereocenters. The van der Waals surface area contributed by atoms with Gasteiger partial charge in [0, 0.05) is 18.1 Å². The molecule has 2 aromatic rings. The van der Waals surface area contributed by atoms with E-state index in [9.17, 15) is 4.79 Å². The fourth-order valence-electron chi connectivity index (χ4n) is 1.84. The molecule has 1 N–H and O–H groups in total. The second-order valence-corrected chi connectivity index (χ2v) is 4.67. The molecule has 1 heterocycles. The summed E-state index contributed by atoms with van der Waals surface area (Å²) in [5.74, 6) is 1.37. The van der Waals surface area contributed by atoms with Crippen molar-refractivity contribution in [3.8, 4) is 23.0 Å². The zero-order valence-electron chi connectivity index (χ0n) is 12.9. The van der Waals surface area contributed by atoms with Gasteiger partial charge in [-0.2, -0.15) is 0 Å². The first-order valence-electron chi connectivity index (χ1n) is 7.03. The molecule has 0 aliphatic heterocycles. The quantitative estimate of drug-likeness (QED) is 0.846. The van der Waals surface area contributed by atoms with Crippen molar-refractivity contribution in [2.24, 2.45) is 0 Å². The molecule has 0 saturated carbocycles. The molecule has 0 fully saturated rings. The molecule has 0 atom stereocenters. The first-order chi connectivity index (χ1) is 10.7. The highest BCUT2D eigenvalue weighted by Crippen LogP contribution is 2.29. The molecule has 0 radical (unpaired) electrons. The number of nitrogens with zero attached hydrogens (tertiary/aromatic N) is 2. The van der Waals surface area contributed by atoms with Gasteiger partial charge in [-0.3, -0.25) is 10.1 Å². The minimum atomic E-state index is -0.139. The number of unbranched alkanes of at least 4 members (excludes halogenated alkanes) is 1. The minimum absolute atomic E-state index is 0.0814. The van der Waals surface area contributed by atoms with Crippen molar-refractivity contribution >= 4 is 11.9 Å². The van der Waals surface area contributed by atoms with Crippen molar-refractivity contribution < 1.29 is 18.7 Å². The Morgan fingerprint density at radius 1 is 1.18 bits per heavy atom. The SMILES string of the molecule is CCCCC(=O)Nc1nnc(-c2cc(OC)cc(OC)c2)o1. The Morgan fingerprint density at radius 3 is 2.45 bits per heavy atom. The molecular weight excluding hydrogens is 286 g/mol. The van der Waals surface area contributed by atoms with Crippen LogP contribution in [0.5, 0.6) is 11.5 Å². The first kappa shape index (κ1) is 15.8. The number of rotatable bonds is 7. The molecule has 0 bridgehead atoms. The summed E-state index contributed by atoms with van der Waals surface area (Å²) in [6.07, 6.45) is 2.20. The van der Waals surface area contributed by atoms with Crippen LogP contribution in [0.2, 0.25) is 0 Å². The second kappa shape index (κ2) is 7.44. The van der Waals surface area contributed by atoms with Gasteiger partial charge < -0.3 is 13.9 Å². The molecule has 0 aliphatic rings. The van der Waals surface area contributed by atoms with E-state index in [1.807, 2.05) is 6.92 Å². The Morgan fingerprint density at radius 2 is 1.86 bits per heavy atom. The van der Waals surface area contributed by atoms with E-state index in [-0.39, 0.29) is 17.8 Å². The molecule has 0 saturated heterocycles. The van der Waals surface area contributed by atoms with Gasteiger partial charge in [-0.25, -0.2) is 0 Å². The fourth-order valence-corrected chi connectivity index (χ4v) is 1.84. The summed E-state index contributed by atoms with van der Waals surface area (Å²) in [6.45, 7) is 2.02. The molecule has 1 amide bonds. The van der Waals surface area contributed by atoms with E-state index < -0.39 is 0 Å². The molecular formula is C15H19N3O4. The van der Waals surface area contributed by atoms with Gasteiger partial charge in [-0.1, -0.05) is 18.4 Å². The van der Waals surface area contributed by atoms with Crippen LogP contribution in [0.3, 0.4) is 0 Å². The Hall–Kier alpha value is -2.57. The van der Waals surface area contributed by atoms with Crippen molar-refractivity contribution in [2.75, 3.05) is 19.5 Å². The fraction of sp³-hybridized carbons (Fsp3) is 0.400. The van der Waals surface area contributed by atoms with Gasteiger partial charge in [0.1, 0.15) is 11.5 Å². The van der Waals surface area contributed by atoms with Crippen LogP contribution in [-0.2, 0) is 4.79 Å². The van der Waals surface area contributed by atoms with E-state index in [0.717, 1.165) is 12.8 Å². The van der Waals surface area contributed by atoms with Gasteiger partial charge in [-0.15, -0.1) is 5.10 Å². The number of anilines is 1. The predicted molar refractivity (Wildman–Crippen MR) is 81.0 cm³/mol. The lowest BCUT2D eigenvalue weighted by Crippen LogP contribution is -2.11. The maximum absolute atomic E-state index is 11.6. The maximum Gasteiger partial charge on any atom is 0.322 e. The number of benzene rings is 1. The predicted octanol–water partition coefficient (Wildman–Crippen LogP) is 2.88. The summed E-state index contributed by atoms with van der Waals surface area (Å²) in [4.78, 5) is 11.6. The number of ether oxygens (including phenoxy) is 2. The molecule has 7 heteroatoms. The summed E-state index contributed by atoms with van der Waals surface area (Å²) in [5, 5.41) is 10.3. The van der Waals surface area contributed by atoms with Crippen LogP contribution in [0.25, 0.3) is 11.5 Å². The largest absolute Gasteiger partial charge is 0.497 e. The van der Waals surface area contributed by atoms with Crippen molar-refractivity contribution in [3.63, 3.8) is 0 Å². The third-order valence-corrected chi connectivity index (χ3v) is 3.03. The van der Waals surface area contributed by atoms with Gasteiger partial charge in [0.05, 0.1) is 14.2 Å². The highest BCUT2D eigenvalue weighted by molar-refractivity contribution is 5.88. The lowest BCUT2D eigenvalue weighted by atomic mass is 10.2. The number of amides is 1. The zero-order valence-corrected chi connectivity index (χ0v) is 12.9. The normalized spacial score (nSPS) is 10.3. The van der Waals surface area contributed by atoms with E-state index in [2.05, 4.69) is 15.5 Å². The molecule has 1 aromatic carbocycles. The van der Waals surface area contributed by atoms with Crippen LogP contribution in [-0.4, -0.2) is 30.3 Å². The lowest BCUT2D eigenvalue weighted by molar-refractivity contribution is -0.116. The van der Waals surface area contributed by atoms with Crippen LogP contribution < -0.4 is 14.8 Å². The highest BCUT2D eigenvalue weighted by Gasteiger charge is 2.13. The monoisotopic (exact) mass is 305 g/mol. The average molecular weight is 305 g/mol. The summed E-state index contributed by atoms with van der Waals surface area (Å²) >= 11 is 0. The van der Waals surface area contributed by atoms with Gasteiger partial charge in [-0.05, 0) is 18.6 Å². The van der Waals surface area contributed by atoms with Crippen molar-refractivity contribution in [2.45, 2.75) is 26.2 Å². The Kier molecular flexibility index (Phi) is 5.35. The summed E-state index contributed by atoms with van der Waals surface area (Å²) < 4.78 is 15.8. The third kappa shape index (κ3) is 3.97. The molecule has 22 heavy (non-hydrogen) atoms. The molecule has 1 aromatic heterocycles. The molecule has 0 aliphatic carbocycles. The van der Waals surface area contributed by atoms with Gasteiger partial charge in [0.15, 0.2) is 0 Å². The Balaban J connectivity index is 2.15. The smallest absolute Gasteiger partial charge is 0.322 e. The van der Waals surface area contributed by atoms with E-state index >= 15 is 0 Å². The minimum Gasteiger partial charge on any atom is -0.497 e. The van der Waals surface area contributed by atoms with Crippen molar-refractivity contribution in [1.82, 2.24) is 10.2 Å². The van der Waals surface area contributed by atoms with Crippen molar-refractivity contribution in [3.05, 3.63) is 18.2 Å². The van der Waals surface area contributed by atoms with Crippen LogP contribution in [0.4, 0.5) is 6.01 Å². The summed E-state index contributed by atoms with van der Waals surface area (Å²) in [5.41, 5.74) is 0.651. The number of carbonyl (C=O) groups is 1. The van der Waals surface area contributed by atoms with Crippen LogP contribution >= 0.6 is 0 Å². The number of hydrogen-bond acceptors (Lipinski definition) is 6. The Bertz CT molecular complexity index is 617. The first-order valence-corrected chi connectivity index (χ1v) is 7.03. The number of nitrogens with one attached hydrogen (secondary N) is 1. The molecule has 118 valence electrons. The van der Waals surface area contributed by atoms with Gasteiger partial charge in [0.25, 0.3) is 0 Å². The van der Waals surface area contributed by atoms with E-state index in [0.29, 0.717) is 23.5 Å². The van der Waals surface area contributed by atoms with Crippen LogP contribution in [0.1, 0.15) is 26.2 Å². The summed E-state index contributed by atoms with van der Waals surface area (Å²) in [6, 6.07) is 5.32. The highest BCUT2D eigenvalue weighted by atomic mass is 16.5. The van der Waals surface area contributed by atoms with E-state index in [1.165, 1.54) is 0 Å². The summed E-state index contributed by atoms with van der Waals surface area (Å²) in [7, 11) is 3.12. The van der Waals surface area contributed by atoms with Crippen LogP contribution in [0, 0.1) is 0 Å². The zero-order chi connectivity index (χ0) is 15.9. The topological polar surface area (TPSA) is 86.5 Å². The number of carbonyl (C=O) groups excluding carboxylic acids is 1. The standard InChI is InChI=1S/C15H19N3O4/c1-4-5-6-13(19)16-15-18-17-14(22-15)10-7-11(20-2)9-12(8-10)21-3/h7-9H,4-6H2,1-3H3,(H,16,18,19). The van der Waals surface area contributed by atoms with Crippen molar-refractivity contribution in [1.29, 1.82) is 0 Å². The van der Waals surface area contributed by atoms with Gasteiger partial charge in [0.2, 0.25) is 11.8 Å². The number of aromatic nitrogens is 2. The number of methoxy groups -OCH3 is 2.